The number of rotatable bonds is 4. The van der Waals surface area contributed by atoms with E-state index in [1.165, 1.54) is 12.1 Å². The zero-order valence-corrected chi connectivity index (χ0v) is 17.2. The molecule has 1 aliphatic rings. The highest BCUT2D eigenvalue weighted by molar-refractivity contribution is 6.01. The van der Waals surface area contributed by atoms with Crippen LogP contribution >= 0.6 is 0 Å². The van der Waals surface area contributed by atoms with Gasteiger partial charge in [0.1, 0.15) is 11.8 Å². The lowest BCUT2D eigenvalue weighted by atomic mass is 9.96. The average molecular weight is 427 g/mol. The molecule has 0 fully saturated rings. The molecule has 160 valence electrons. The standard InChI is InChI=1S/C25H21N3O4/c29-25-23-22(20-11-4-5-12-21(20)26-23)24(18-9-6-10-19(15-18)28(30)31)32-14-13-27(25)16-17-7-2-1-3-8-17/h1-12,15,24,26H,13-14,16H2. The van der Waals surface area contributed by atoms with Gasteiger partial charge in [0.15, 0.2) is 0 Å². The Hall–Kier alpha value is -3.97. The summed E-state index contributed by atoms with van der Waals surface area (Å²) in [6, 6.07) is 23.9. The van der Waals surface area contributed by atoms with E-state index in [-0.39, 0.29) is 11.6 Å². The molecule has 7 heteroatoms. The van der Waals surface area contributed by atoms with Crippen LogP contribution in [-0.2, 0) is 11.3 Å². The molecule has 4 aromatic rings. The van der Waals surface area contributed by atoms with Crippen molar-refractivity contribution < 1.29 is 14.5 Å². The maximum atomic E-state index is 13.6. The van der Waals surface area contributed by atoms with Crippen LogP contribution in [0.3, 0.4) is 0 Å². The number of nitrogens with zero attached hydrogens (tertiary/aromatic N) is 2. The Bertz CT molecular complexity index is 1300. The van der Waals surface area contributed by atoms with Gasteiger partial charge in [-0.15, -0.1) is 0 Å². The first-order valence-electron chi connectivity index (χ1n) is 10.4. The second-order valence-corrected chi connectivity index (χ2v) is 7.77. The van der Waals surface area contributed by atoms with Crippen LogP contribution in [0.1, 0.15) is 33.3 Å². The Morgan fingerprint density at radius 2 is 1.81 bits per heavy atom. The molecule has 0 bridgehead atoms. The van der Waals surface area contributed by atoms with Crippen molar-refractivity contribution in [2.24, 2.45) is 0 Å². The van der Waals surface area contributed by atoms with Crippen molar-refractivity contribution in [3.05, 3.63) is 111 Å². The number of hydrogen-bond donors (Lipinski definition) is 1. The topological polar surface area (TPSA) is 88.5 Å². The molecule has 2 heterocycles. The number of para-hydroxylation sites is 1. The summed E-state index contributed by atoms with van der Waals surface area (Å²) in [5.74, 6) is -0.112. The van der Waals surface area contributed by atoms with E-state index in [2.05, 4.69) is 4.98 Å². The molecule has 7 nitrogen and oxygen atoms in total. The highest BCUT2D eigenvalue weighted by atomic mass is 16.6. The maximum absolute atomic E-state index is 13.6. The van der Waals surface area contributed by atoms with Gasteiger partial charge in [0, 0.05) is 41.7 Å². The summed E-state index contributed by atoms with van der Waals surface area (Å²) >= 11 is 0. The minimum absolute atomic E-state index is 0.00780. The zero-order chi connectivity index (χ0) is 22.1. The predicted octanol–water partition coefficient (Wildman–Crippen LogP) is 4.84. The number of amides is 1. The van der Waals surface area contributed by atoms with Gasteiger partial charge in [-0.1, -0.05) is 60.7 Å². The van der Waals surface area contributed by atoms with Crippen LogP contribution in [0, 0.1) is 10.1 Å². The van der Waals surface area contributed by atoms with Gasteiger partial charge in [-0.2, -0.15) is 0 Å². The van der Waals surface area contributed by atoms with Crippen LogP contribution in [0.25, 0.3) is 10.9 Å². The SMILES string of the molecule is O=C1c2[nH]c3ccccc3c2C(c2cccc([N+](=O)[O-])c2)OCCN1Cc1ccccc1. The largest absolute Gasteiger partial charge is 0.367 e. The minimum Gasteiger partial charge on any atom is -0.367 e. The van der Waals surface area contributed by atoms with Gasteiger partial charge in [0.2, 0.25) is 0 Å². The Labute approximate surface area is 184 Å². The Morgan fingerprint density at radius 3 is 2.62 bits per heavy atom. The Morgan fingerprint density at radius 1 is 1.03 bits per heavy atom. The van der Waals surface area contributed by atoms with Crippen LogP contribution in [0.2, 0.25) is 0 Å². The van der Waals surface area contributed by atoms with E-state index < -0.39 is 11.0 Å². The molecule has 1 atom stereocenters. The van der Waals surface area contributed by atoms with Crippen LogP contribution in [0.5, 0.6) is 0 Å². The fourth-order valence-electron chi connectivity index (χ4n) is 4.25. The van der Waals surface area contributed by atoms with Crippen molar-refractivity contribution in [3.8, 4) is 0 Å². The van der Waals surface area contributed by atoms with Gasteiger partial charge in [-0.25, -0.2) is 0 Å². The van der Waals surface area contributed by atoms with E-state index in [0.29, 0.717) is 36.5 Å². The van der Waals surface area contributed by atoms with Gasteiger partial charge in [0.05, 0.1) is 11.5 Å². The second-order valence-electron chi connectivity index (χ2n) is 7.77. The van der Waals surface area contributed by atoms with Crippen molar-refractivity contribution in [1.82, 2.24) is 9.88 Å². The molecule has 0 saturated heterocycles. The monoisotopic (exact) mass is 427 g/mol. The van der Waals surface area contributed by atoms with Gasteiger partial charge < -0.3 is 14.6 Å². The Kier molecular flexibility index (Phi) is 5.17. The van der Waals surface area contributed by atoms with E-state index in [4.69, 9.17) is 4.74 Å². The molecule has 1 N–H and O–H groups in total. The van der Waals surface area contributed by atoms with Crippen molar-refractivity contribution in [3.63, 3.8) is 0 Å². The van der Waals surface area contributed by atoms with E-state index in [0.717, 1.165) is 16.5 Å². The van der Waals surface area contributed by atoms with Crippen LogP contribution in [0.4, 0.5) is 5.69 Å². The first-order valence-corrected chi connectivity index (χ1v) is 10.4. The summed E-state index contributed by atoms with van der Waals surface area (Å²) in [5.41, 5.74) is 3.67. The fourth-order valence-corrected chi connectivity index (χ4v) is 4.25. The number of carbonyl (C=O) groups is 1. The second kappa shape index (κ2) is 8.28. The number of fused-ring (bicyclic) bond motifs is 3. The lowest BCUT2D eigenvalue weighted by molar-refractivity contribution is -0.385. The lowest BCUT2D eigenvalue weighted by Gasteiger charge is -2.29. The number of nitro groups is 1. The summed E-state index contributed by atoms with van der Waals surface area (Å²) in [7, 11) is 0. The highest BCUT2D eigenvalue weighted by Crippen LogP contribution is 2.37. The van der Waals surface area contributed by atoms with Crippen molar-refractivity contribution in [2.45, 2.75) is 12.6 Å². The third-order valence-electron chi connectivity index (χ3n) is 5.76. The lowest BCUT2D eigenvalue weighted by Crippen LogP contribution is -2.36. The number of aromatic amines is 1. The molecular weight excluding hydrogens is 406 g/mol. The molecule has 32 heavy (non-hydrogen) atoms. The number of non-ortho nitro benzene ring substituents is 1. The molecule has 1 unspecified atom stereocenters. The molecule has 1 amide bonds. The zero-order valence-electron chi connectivity index (χ0n) is 17.2. The van der Waals surface area contributed by atoms with E-state index in [1.807, 2.05) is 54.6 Å². The predicted molar refractivity (Wildman–Crippen MR) is 120 cm³/mol. The highest BCUT2D eigenvalue weighted by Gasteiger charge is 2.32. The summed E-state index contributed by atoms with van der Waals surface area (Å²) in [6.07, 6.45) is -0.594. The number of aromatic nitrogens is 1. The third-order valence-corrected chi connectivity index (χ3v) is 5.76. The molecular formula is C25H21N3O4. The molecule has 1 aliphatic heterocycles. The van der Waals surface area contributed by atoms with Crippen LogP contribution in [0.15, 0.2) is 78.9 Å². The van der Waals surface area contributed by atoms with Crippen molar-refractivity contribution >= 4 is 22.5 Å². The van der Waals surface area contributed by atoms with E-state index in [1.54, 1.807) is 17.0 Å². The quantitative estimate of drug-likeness (QED) is 0.373. The van der Waals surface area contributed by atoms with E-state index >= 15 is 0 Å². The molecule has 0 spiro atoms. The molecule has 0 saturated carbocycles. The molecule has 0 radical (unpaired) electrons. The Balaban J connectivity index is 1.62. The molecule has 0 aliphatic carbocycles. The third kappa shape index (κ3) is 3.63. The average Bonchev–Trinajstić information content (AvgIpc) is 3.19. The van der Waals surface area contributed by atoms with Crippen molar-refractivity contribution in [2.75, 3.05) is 13.2 Å². The first-order chi connectivity index (χ1) is 15.6. The number of nitrogens with one attached hydrogen (secondary N) is 1. The van der Waals surface area contributed by atoms with Gasteiger partial charge in [0.25, 0.3) is 11.6 Å². The molecule has 1 aromatic heterocycles. The van der Waals surface area contributed by atoms with Gasteiger partial charge in [-0.05, 0) is 17.2 Å². The number of nitro benzene ring substituents is 1. The smallest absolute Gasteiger partial charge is 0.271 e. The molecule has 3 aromatic carbocycles. The number of ether oxygens (including phenoxy) is 1. The van der Waals surface area contributed by atoms with E-state index in [9.17, 15) is 14.9 Å². The fraction of sp³-hybridized carbons (Fsp3) is 0.160. The number of hydrogen-bond acceptors (Lipinski definition) is 4. The number of benzene rings is 3. The van der Waals surface area contributed by atoms with Gasteiger partial charge >= 0.3 is 0 Å². The van der Waals surface area contributed by atoms with Crippen molar-refractivity contribution in [1.29, 1.82) is 0 Å². The van der Waals surface area contributed by atoms with Crippen LogP contribution in [-0.4, -0.2) is 33.9 Å². The molecule has 5 rings (SSSR count). The maximum Gasteiger partial charge on any atom is 0.271 e. The van der Waals surface area contributed by atoms with Crippen LogP contribution < -0.4 is 0 Å². The first kappa shape index (κ1) is 20.0. The number of carbonyl (C=O) groups excluding carboxylic acids is 1. The summed E-state index contributed by atoms with van der Waals surface area (Å²) in [5, 5.41) is 12.2. The summed E-state index contributed by atoms with van der Waals surface area (Å²) < 4.78 is 6.28. The summed E-state index contributed by atoms with van der Waals surface area (Å²) in [4.78, 5) is 29.6. The van der Waals surface area contributed by atoms with Gasteiger partial charge in [-0.3, -0.25) is 14.9 Å². The number of H-pyrrole nitrogens is 1. The minimum atomic E-state index is -0.594. The normalized spacial score (nSPS) is 16.4. The summed E-state index contributed by atoms with van der Waals surface area (Å²) in [6.45, 7) is 1.19.